The third-order valence-electron chi connectivity index (χ3n) is 3.59. The summed E-state index contributed by atoms with van der Waals surface area (Å²) in [5, 5.41) is 16.2. The normalized spacial score (nSPS) is 22.2. The van der Waals surface area contributed by atoms with Crippen molar-refractivity contribution in [3.63, 3.8) is 0 Å². The summed E-state index contributed by atoms with van der Waals surface area (Å²) < 4.78 is 0. The highest BCUT2D eigenvalue weighted by Crippen LogP contribution is 2.25. The number of nitrogens with one attached hydrogen (secondary N) is 2. The molecule has 2 rings (SSSR count). The van der Waals surface area contributed by atoms with E-state index in [1.165, 1.54) is 11.3 Å². The topological polar surface area (TPSA) is 74.2 Å². The van der Waals surface area contributed by atoms with Crippen LogP contribution in [0.5, 0.6) is 0 Å². The van der Waals surface area contributed by atoms with Gasteiger partial charge in [-0.1, -0.05) is 30.3 Å². The van der Waals surface area contributed by atoms with Gasteiger partial charge in [0.2, 0.25) is 0 Å². The Balaban J connectivity index is 1.93. The Morgan fingerprint density at radius 2 is 2.35 bits per heavy atom. The fraction of sp³-hybridized carbons (Fsp3) is 0.571. The predicted molar refractivity (Wildman–Crippen MR) is 81.1 cm³/mol. The van der Waals surface area contributed by atoms with Crippen LogP contribution in [-0.2, 0) is 0 Å². The third kappa shape index (κ3) is 3.80. The first kappa shape index (κ1) is 15.0. The van der Waals surface area contributed by atoms with Gasteiger partial charge in [0, 0.05) is 25.1 Å². The second-order valence-electron chi connectivity index (χ2n) is 5.01. The Bertz CT molecular complexity index is 461. The minimum absolute atomic E-state index is 0.0768. The lowest BCUT2D eigenvalue weighted by Crippen LogP contribution is -2.43. The maximum absolute atomic E-state index is 12.2. The zero-order valence-corrected chi connectivity index (χ0v) is 12.3. The van der Waals surface area contributed by atoms with Crippen molar-refractivity contribution in [1.29, 1.82) is 0 Å². The first-order valence-electron chi connectivity index (χ1n) is 6.97. The minimum Gasteiger partial charge on any atom is -0.396 e. The molecule has 0 radical (unpaired) electrons. The lowest BCUT2D eigenvalue weighted by atomic mass is 9.85. The lowest BCUT2D eigenvalue weighted by Gasteiger charge is -2.30. The highest BCUT2D eigenvalue weighted by Gasteiger charge is 2.26. The zero-order chi connectivity index (χ0) is 14.4. The van der Waals surface area contributed by atoms with Crippen LogP contribution in [0.2, 0.25) is 0 Å². The molecule has 1 amide bonds. The molecule has 0 aliphatic heterocycles. The van der Waals surface area contributed by atoms with Crippen LogP contribution in [-0.4, -0.2) is 35.2 Å². The molecule has 20 heavy (non-hydrogen) atoms. The first-order chi connectivity index (χ1) is 9.74. The number of carbonyl (C=O) groups excluding carboxylic acids is 1. The van der Waals surface area contributed by atoms with Crippen molar-refractivity contribution in [2.24, 2.45) is 5.92 Å². The first-order valence-corrected chi connectivity index (χ1v) is 7.78. The van der Waals surface area contributed by atoms with Crippen LogP contribution in [0.4, 0.5) is 5.13 Å². The van der Waals surface area contributed by atoms with Crippen LogP contribution in [0.25, 0.3) is 0 Å². The third-order valence-corrected chi connectivity index (χ3v) is 4.54. The van der Waals surface area contributed by atoms with Gasteiger partial charge in [-0.05, 0) is 12.8 Å². The molecule has 1 aromatic rings. The number of hydrogen-bond donors (Lipinski definition) is 3. The Hall–Kier alpha value is -1.40. The van der Waals surface area contributed by atoms with E-state index in [2.05, 4.69) is 22.2 Å². The lowest BCUT2D eigenvalue weighted by molar-refractivity contribution is 0.0876. The number of aliphatic hydroxyl groups is 1. The second kappa shape index (κ2) is 7.40. The molecular formula is C14H21N3O2S. The molecule has 1 fully saturated rings. The summed E-state index contributed by atoms with van der Waals surface area (Å²) in [5.41, 5.74) is 0. The van der Waals surface area contributed by atoms with Crippen molar-refractivity contribution in [1.82, 2.24) is 10.3 Å². The van der Waals surface area contributed by atoms with Gasteiger partial charge in [-0.25, -0.2) is 4.98 Å². The predicted octanol–water partition coefficient (Wildman–Crippen LogP) is 2.02. The van der Waals surface area contributed by atoms with Crippen molar-refractivity contribution >= 4 is 22.4 Å². The standard InChI is InChI=1S/C14H21N3O2S/c1-2-7-15-14-16-8-12(20-14)13(19)17-11-6-4-3-5-10(11)9-18/h2,8,10-11,18H,1,3-7,9H2,(H,15,16)(H,17,19)/t10-,11+/m0/s1. The van der Waals surface area contributed by atoms with E-state index in [0.717, 1.165) is 30.8 Å². The zero-order valence-electron chi connectivity index (χ0n) is 11.5. The Kier molecular flexibility index (Phi) is 5.55. The van der Waals surface area contributed by atoms with Gasteiger partial charge in [-0.15, -0.1) is 6.58 Å². The highest BCUT2D eigenvalue weighted by atomic mass is 32.1. The largest absolute Gasteiger partial charge is 0.396 e. The monoisotopic (exact) mass is 295 g/mol. The molecule has 0 aromatic carbocycles. The number of aliphatic hydroxyl groups excluding tert-OH is 1. The summed E-state index contributed by atoms with van der Waals surface area (Å²) in [7, 11) is 0. The second-order valence-corrected chi connectivity index (χ2v) is 6.04. The number of hydrogen-bond acceptors (Lipinski definition) is 5. The van der Waals surface area contributed by atoms with Crippen molar-refractivity contribution in [3.05, 3.63) is 23.7 Å². The van der Waals surface area contributed by atoms with E-state index in [9.17, 15) is 9.90 Å². The molecule has 0 spiro atoms. The summed E-state index contributed by atoms with van der Waals surface area (Å²) in [6, 6.07) is 0.0768. The number of rotatable bonds is 6. The van der Waals surface area contributed by atoms with E-state index in [-0.39, 0.29) is 24.5 Å². The van der Waals surface area contributed by atoms with Crippen LogP contribution >= 0.6 is 11.3 Å². The molecular weight excluding hydrogens is 274 g/mol. The molecule has 0 unspecified atom stereocenters. The number of aromatic nitrogens is 1. The van der Waals surface area contributed by atoms with Crippen molar-refractivity contribution in [3.8, 4) is 0 Å². The average molecular weight is 295 g/mol. The van der Waals surface area contributed by atoms with Gasteiger partial charge in [0.1, 0.15) is 4.88 Å². The van der Waals surface area contributed by atoms with E-state index in [0.29, 0.717) is 11.4 Å². The molecule has 5 nitrogen and oxygen atoms in total. The summed E-state index contributed by atoms with van der Waals surface area (Å²) in [5.74, 6) is 0.0819. The molecule has 1 heterocycles. The quantitative estimate of drug-likeness (QED) is 0.702. The van der Waals surface area contributed by atoms with Gasteiger partial charge in [-0.3, -0.25) is 4.79 Å². The van der Waals surface area contributed by atoms with Crippen molar-refractivity contribution in [2.45, 2.75) is 31.7 Å². The maximum atomic E-state index is 12.2. The molecule has 1 aliphatic carbocycles. The van der Waals surface area contributed by atoms with E-state index < -0.39 is 0 Å². The highest BCUT2D eigenvalue weighted by molar-refractivity contribution is 7.17. The fourth-order valence-electron chi connectivity index (χ4n) is 2.48. The Morgan fingerprint density at radius 1 is 1.55 bits per heavy atom. The average Bonchev–Trinajstić information content (AvgIpc) is 2.94. The fourth-order valence-corrected chi connectivity index (χ4v) is 3.20. The van der Waals surface area contributed by atoms with Crippen LogP contribution in [0.1, 0.15) is 35.4 Å². The Morgan fingerprint density at radius 3 is 3.10 bits per heavy atom. The van der Waals surface area contributed by atoms with Gasteiger partial charge in [-0.2, -0.15) is 0 Å². The van der Waals surface area contributed by atoms with Gasteiger partial charge in [0.25, 0.3) is 5.91 Å². The van der Waals surface area contributed by atoms with E-state index in [1.807, 2.05) is 0 Å². The van der Waals surface area contributed by atoms with Crippen molar-refractivity contribution < 1.29 is 9.90 Å². The molecule has 0 bridgehead atoms. The molecule has 1 aliphatic rings. The van der Waals surface area contributed by atoms with Crippen LogP contribution in [0, 0.1) is 5.92 Å². The van der Waals surface area contributed by atoms with Gasteiger partial charge in [0.05, 0.1) is 6.20 Å². The SMILES string of the molecule is C=CCNc1ncc(C(=O)N[C@@H]2CCCC[C@H]2CO)s1. The van der Waals surface area contributed by atoms with E-state index >= 15 is 0 Å². The van der Waals surface area contributed by atoms with E-state index in [4.69, 9.17) is 0 Å². The summed E-state index contributed by atoms with van der Waals surface area (Å²) in [4.78, 5) is 16.9. The molecule has 110 valence electrons. The van der Waals surface area contributed by atoms with Crippen LogP contribution in [0.15, 0.2) is 18.9 Å². The van der Waals surface area contributed by atoms with Crippen LogP contribution in [0.3, 0.4) is 0 Å². The summed E-state index contributed by atoms with van der Waals surface area (Å²) >= 11 is 1.33. The van der Waals surface area contributed by atoms with Gasteiger partial charge >= 0.3 is 0 Å². The van der Waals surface area contributed by atoms with Gasteiger partial charge < -0.3 is 15.7 Å². The van der Waals surface area contributed by atoms with Crippen molar-refractivity contribution in [2.75, 3.05) is 18.5 Å². The number of anilines is 1. The number of nitrogens with zero attached hydrogens (tertiary/aromatic N) is 1. The smallest absolute Gasteiger partial charge is 0.263 e. The number of amides is 1. The molecule has 2 atom stereocenters. The van der Waals surface area contributed by atoms with Crippen LogP contribution < -0.4 is 10.6 Å². The number of thiazole rings is 1. The molecule has 6 heteroatoms. The molecule has 1 saturated carbocycles. The summed E-state index contributed by atoms with van der Waals surface area (Å²) in [6.07, 6.45) is 7.49. The minimum atomic E-state index is -0.0977. The molecule has 1 aromatic heterocycles. The number of carbonyl (C=O) groups is 1. The molecule has 3 N–H and O–H groups in total. The summed E-state index contributed by atoms with van der Waals surface area (Å²) in [6.45, 7) is 4.39. The van der Waals surface area contributed by atoms with E-state index in [1.54, 1.807) is 12.3 Å². The molecule has 0 saturated heterocycles. The Labute approximate surface area is 123 Å². The van der Waals surface area contributed by atoms with Gasteiger partial charge in [0.15, 0.2) is 5.13 Å². The maximum Gasteiger partial charge on any atom is 0.263 e.